The maximum absolute atomic E-state index is 12.4. The van der Waals surface area contributed by atoms with E-state index in [2.05, 4.69) is 0 Å². The second kappa shape index (κ2) is 6.43. The zero-order chi connectivity index (χ0) is 16.3. The van der Waals surface area contributed by atoms with Crippen LogP contribution in [0.3, 0.4) is 0 Å². The molecule has 0 aliphatic heterocycles. The molecule has 1 heterocycles. The fraction of sp³-hybridized carbons (Fsp3) is 0.312. The number of para-hydroxylation sites is 1. The van der Waals surface area contributed by atoms with Crippen molar-refractivity contribution in [1.29, 1.82) is 0 Å². The van der Waals surface area contributed by atoms with Crippen molar-refractivity contribution in [3.63, 3.8) is 0 Å². The zero-order valence-electron chi connectivity index (χ0n) is 12.7. The van der Waals surface area contributed by atoms with Gasteiger partial charge in [-0.2, -0.15) is 0 Å². The molecule has 2 rings (SSSR count). The Morgan fingerprint density at radius 1 is 1.23 bits per heavy atom. The van der Waals surface area contributed by atoms with Gasteiger partial charge in [0.1, 0.15) is 11.3 Å². The largest absolute Gasteiger partial charge is 0.480 e. The first-order valence-corrected chi connectivity index (χ1v) is 6.88. The van der Waals surface area contributed by atoms with Crippen LogP contribution in [0.1, 0.15) is 24.2 Å². The maximum Gasteiger partial charge on any atom is 0.344 e. The summed E-state index contributed by atoms with van der Waals surface area (Å²) < 4.78 is 11.6. The van der Waals surface area contributed by atoms with Gasteiger partial charge in [0, 0.05) is 12.4 Å². The van der Waals surface area contributed by atoms with Crippen LogP contribution in [-0.2, 0) is 16.6 Å². The number of hydrogen-bond donors (Lipinski definition) is 0. The molecule has 0 atom stereocenters. The molecule has 0 radical (unpaired) electrons. The Kier molecular flexibility index (Phi) is 4.60. The monoisotopic (exact) mass is 303 g/mol. The van der Waals surface area contributed by atoms with Crippen LogP contribution in [0, 0.1) is 0 Å². The highest BCUT2D eigenvalue weighted by molar-refractivity contribution is 6.02. The van der Waals surface area contributed by atoms with Crippen LogP contribution in [0.15, 0.2) is 29.1 Å². The van der Waals surface area contributed by atoms with E-state index >= 15 is 0 Å². The van der Waals surface area contributed by atoms with E-state index in [1.165, 1.54) is 11.5 Å². The van der Waals surface area contributed by atoms with E-state index in [1.54, 1.807) is 38.2 Å². The van der Waals surface area contributed by atoms with Crippen molar-refractivity contribution in [2.75, 3.05) is 13.2 Å². The smallest absolute Gasteiger partial charge is 0.344 e. The van der Waals surface area contributed by atoms with Gasteiger partial charge in [-0.25, -0.2) is 4.79 Å². The number of aryl methyl sites for hydroxylation is 1. The van der Waals surface area contributed by atoms with Crippen LogP contribution in [0.25, 0.3) is 10.9 Å². The lowest BCUT2D eigenvalue weighted by molar-refractivity contribution is -0.145. The van der Waals surface area contributed by atoms with Crippen molar-refractivity contribution in [3.8, 4) is 5.75 Å². The van der Waals surface area contributed by atoms with Crippen molar-refractivity contribution in [2.24, 2.45) is 7.05 Å². The molecule has 6 heteroatoms. The van der Waals surface area contributed by atoms with E-state index in [-0.39, 0.29) is 24.5 Å². The Balaban J connectivity index is 2.61. The fourth-order valence-corrected chi connectivity index (χ4v) is 2.26. The molecular formula is C16H17NO5. The molecule has 116 valence electrons. The minimum Gasteiger partial charge on any atom is -0.480 e. The topological polar surface area (TPSA) is 74.6 Å². The van der Waals surface area contributed by atoms with Crippen molar-refractivity contribution < 1.29 is 19.1 Å². The molecular weight excluding hydrogens is 286 g/mol. The molecule has 0 saturated carbocycles. The Morgan fingerprint density at radius 2 is 1.91 bits per heavy atom. The third-order valence-electron chi connectivity index (χ3n) is 3.25. The van der Waals surface area contributed by atoms with E-state index < -0.39 is 17.3 Å². The first kappa shape index (κ1) is 15.8. The molecule has 0 fully saturated rings. The zero-order valence-corrected chi connectivity index (χ0v) is 12.7. The number of carbonyl (C=O) groups is 2. The predicted molar refractivity (Wildman–Crippen MR) is 81.3 cm³/mol. The lowest BCUT2D eigenvalue weighted by atomic mass is 10.1. The summed E-state index contributed by atoms with van der Waals surface area (Å²) in [6, 6.07) is 7.04. The highest BCUT2D eigenvalue weighted by atomic mass is 16.6. The minimum atomic E-state index is -0.554. The quantitative estimate of drug-likeness (QED) is 0.620. The molecule has 1 aromatic carbocycles. The number of rotatable bonds is 5. The van der Waals surface area contributed by atoms with Crippen molar-refractivity contribution in [1.82, 2.24) is 4.57 Å². The summed E-state index contributed by atoms with van der Waals surface area (Å²) in [5.41, 5.74) is 0.104. The summed E-state index contributed by atoms with van der Waals surface area (Å²) in [5.74, 6) is -0.841. The molecule has 0 spiro atoms. The average molecular weight is 303 g/mol. The number of hydrogen-bond acceptors (Lipinski definition) is 5. The lowest BCUT2D eigenvalue weighted by Gasteiger charge is -2.14. The standard InChI is InChI=1S/C16H17NO5/c1-4-21-13(19)9-22-15-11-7-5-6-8-12(11)17(3)16(20)14(15)10(2)18/h5-8H,4,9H2,1-3H3. The first-order chi connectivity index (χ1) is 10.5. The number of aromatic nitrogens is 1. The molecule has 6 nitrogen and oxygen atoms in total. The summed E-state index contributed by atoms with van der Waals surface area (Å²) in [6.45, 7) is 2.86. The van der Waals surface area contributed by atoms with Crippen LogP contribution < -0.4 is 10.3 Å². The van der Waals surface area contributed by atoms with Crippen LogP contribution in [0.5, 0.6) is 5.75 Å². The maximum atomic E-state index is 12.4. The van der Waals surface area contributed by atoms with Gasteiger partial charge in [0.25, 0.3) is 5.56 Å². The van der Waals surface area contributed by atoms with Crippen molar-refractivity contribution in [3.05, 3.63) is 40.2 Å². The van der Waals surface area contributed by atoms with Gasteiger partial charge in [-0.05, 0) is 26.0 Å². The van der Waals surface area contributed by atoms with Gasteiger partial charge < -0.3 is 14.0 Å². The molecule has 2 aromatic rings. The second-order valence-corrected chi connectivity index (χ2v) is 4.74. The number of fused-ring (bicyclic) bond motifs is 1. The van der Waals surface area contributed by atoms with Gasteiger partial charge in [-0.1, -0.05) is 12.1 Å². The molecule has 0 aliphatic carbocycles. The van der Waals surface area contributed by atoms with Crippen LogP contribution in [0.4, 0.5) is 0 Å². The number of ether oxygens (including phenoxy) is 2. The van der Waals surface area contributed by atoms with E-state index in [1.807, 2.05) is 0 Å². The van der Waals surface area contributed by atoms with Gasteiger partial charge in [-0.3, -0.25) is 9.59 Å². The summed E-state index contributed by atoms with van der Waals surface area (Å²) in [6.07, 6.45) is 0. The lowest BCUT2D eigenvalue weighted by Crippen LogP contribution is -2.26. The summed E-state index contributed by atoms with van der Waals surface area (Å²) in [5, 5.41) is 0.596. The Hall–Kier alpha value is -2.63. The van der Waals surface area contributed by atoms with Gasteiger partial charge in [0.05, 0.1) is 12.1 Å². The number of carbonyl (C=O) groups excluding carboxylic acids is 2. The molecule has 1 aromatic heterocycles. The number of pyridine rings is 1. The number of esters is 1. The van der Waals surface area contributed by atoms with Crippen LogP contribution in [-0.4, -0.2) is 29.5 Å². The van der Waals surface area contributed by atoms with E-state index in [0.717, 1.165) is 0 Å². The summed E-state index contributed by atoms with van der Waals surface area (Å²) in [7, 11) is 1.59. The number of Topliss-reactive ketones (excluding diaryl/α,β-unsaturated/α-hetero) is 1. The number of ketones is 1. The van der Waals surface area contributed by atoms with Crippen molar-refractivity contribution in [2.45, 2.75) is 13.8 Å². The second-order valence-electron chi connectivity index (χ2n) is 4.74. The van der Waals surface area contributed by atoms with E-state index in [4.69, 9.17) is 9.47 Å². The van der Waals surface area contributed by atoms with Crippen LogP contribution in [0.2, 0.25) is 0 Å². The Labute approximate surface area is 127 Å². The molecule has 22 heavy (non-hydrogen) atoms. The van der Waals surface area contributed by atoms with Crippen molar-refractivity contribution >= 4 is 22.7 Å². The first-order valence-electron chi connectivity index (χ1n) is 6.88. The normalized spacial score (nSPS) is 10.5. The van der Waals surface area contributed by atoms with E-state index in [9.17, 15) is 14.4 Å². The van der Waals surface area contributed by atoms with Crippen LogP contribution >= 0.6 is 0 Å². The highest BCUT2D eigenvalue weighted by Gasteiger charge is 2.20. The SMILES string of the molecule is CCOC(=O)COc1c(C(C)=O)c(=O)n(C)c2ccccc12. The molecule has 0 N–H and O–H groups in total. The minimum absolute atomic E-state index is 0.0644. The summed E-state index contributed by atoms with van der Waals surface area (Å²) >= 11 is 0. The third-order valence-corrected chi connectivity index (χ3v) is 3.25. The van der Waals surface area contributed by atoms with Gasteiger partial charge in [0.2, 0.25) is 0 Å². The molecule has 0 aliphatic rings. The van der Waals surface area contributed by atoms with E-state index in [0.29, 0.717) is 10.9 Å². The van der Waals surface area contributed by atoms with Gasteiger partial charge in [0.15, 0.2) is 12.4 Å². The predicted octanol–water partition coefficient (Wildman–Crippen LogP) is 1.68. The number of benzene rings is 1. The molecule has 0 saturated heterocycles. The molecule has 0 bridgehead atoms. The van der Waals surface area contributed by atoms with Gasteiger partial charge >= 0.3 is 5.97 Å². The fourth-order valence-electron chi connectivity index (χ4n) is 2.26. The summed E-state index contributed by atoms with van der Waals surface area (Å²) in [4.78, 5) is 35.7. The third kappa shape index (κ3) is 2.86. The Morgan fingerprint density at radius 3 is 2.55 bits per heavy atom. The number of nitrogens with zero attached hydrogens (tertiary/aromatic N) is 1. The highest BCUT2D eigenvalue weighted by Crippen LogP contribution is 2.27. The molecule has 0 unspecified atom stereocenters. The average Bonchev–Trinajstić information content (AvgIpc) is 2.49. The molecule has 0 amide bonds. The Bertz CT molecular complexity index is 791. The van der Waals surface area contributed by atoms with Gasteiger partial charge in [-0.15, -0.1) is 0 Å².